The molecule has 0 radical (unpaired) electrons. The van der Waals surface area contributed by atoms with Crippen LogP contribution in [0.1, 0.15) is 15.9 Å². The monoisotopic (exact) mass is 231 g/mol. The SMILES string of the molecule is NC(=O)N1N=CC=Cc2ccc(C(=O)O)cc21. The maximum Gasteiger partial charge on any atom is 0.340 e. The second-order valence-electron chi connectivity index (χ2n) is 3.35. The van der Waals surface area contributed by atoms with Crippen LogP contribution in [0.15, 0.2) is 29.4 Å². The van der Waals surface area contributed by atoms with Gasteiger partial charge in [0.15, 0.2) is 0 Å². The second-order valence-corrected chi connectivity index (χ2v) is 3.35. The molecule has 6 heteroatoms. The smallest absolute Gasteiger partial charge is 0.340 e. The van der Waals surface area contributed by atoms with Crippen molar-refractivity contribution in [3.05, 3.63) is 35.4 Å². The summed E-state index contributed by atoms with van der Waals surface area (Å²) in [6, 6.07) is 3.64. The Kier molecular flexibility index (Phi) is 2.61. The van der Waals surface area contributed by atoms with E-state index in [1.54, 1.807) is 18.2 Å². The third-order valence-electron chi connectivity index (χ3n) is 2.26. The number of hydrazone groups is 1. The molecule has 1 aliphatic heterocycles. The molecule has 3 N–H and O–H groups in total. The molecule has 6 nitrogen and oxygen atoms in total. The number of hydrogen-bond donors (Lipinski definition) is 2. The number of hydrogen-bond acceptors (Lipinski definition) is 3. The predicted octanol–water partition coefficient (Wildman–Crippen LogP) is 1.28. The van der Waals surface area contributed by atoms with Crippen molar-refractivity contribution in [1.29, 1.82) is 0 Å². The Morgan fingerprint density at radius 3 is 2.76 bits per heavy atom. The topological polar surface area (TPSA) is 96.0 Å². The maximum absolute atomic E-state index is 11.2. The van der Waals surface area contributed by atoms with E-state index in [4.69, 9.17) is 10.8 Å². The van der Waals surface area contributed by atoms with Crippen LogP contribution >= 0.6 is 0 Å². The number of carbonyl (C=O) groups excluding carboxylic acids is 1. The number of fused-ring (bicyclic) bond motifs is 1. The van der Waals surface area contributed by atoms with Gasteiger partial charge in [-0.05, 0) is 18.2 Å². The summed E-state index contributed by atoms with van der Waals surface area (Å²) in [7, 11) is 0. The molecule has 0 aromatic heterocycles. The van der Waals surface area contributed by atoms with Crippen LogP contribution in [-0.2, 0) is 0 Å². The number of nitrogens with two attached hydrogens (primary N) is 1. The first kappa shape index (κ1) is 10.9. The van der Waals surface area contributed by atoms with Crippen molar-refractivity contribution in [3.63, 3.8) is 0 Å². The van der Waals surface area contributed by atoms with Crippen molar-refractivity contribution in [2.45, 2.75) is 0 Å². The second kappa shape index (κ2) is 4.09. The first-order valence-corrected chi connectivity index (χ1v) is 4.77. The van der Waals surface area contributed by atoms with Crippen LogP contribution in [0.3, 0.4) is 0 Å². The number of anilines is 1. The summed E-state index contributed by atoms with van der Waals surface area (Å²) >= 11 is 0. The molecule has 2 amide bonds. The fourth-order valence-electron chi connectivity index (χ4n) is 1.49. The van der Waals surface area contributed by atoms with E-state index in [1.165, 1.54) is 18.3 Å². The van der Waals surface area contributed by atoms with E-state index in [9.17, 15) is 9.59 Å². The van der Waals surface area contributed by atoms with Gasteiger partial charge in [0.1, 0.15) is 0 Å². The average Bonchev–Trinajstić information content (AvgIpc) is 2.49. The number of nitrogens with zero attached hydrogens (tertiary/aromatic N) is 2. The maximum atomic E-state index is 11.2. The van der Waals surface area contributed by atoms with E-state index in [0.29, 0.717) is 11.3 Å². The highest BCUT2D eigenvalue weighted by Crippen LogP contribution is 2.25. The van der Waals surface area contributed by atoms with Crippen LogP contribution in [-0.4, -0.2) is 23.3 Å². The lowest BCUT2D eigenvalue weighted by Gasteiger charge is -2.15. The Hall–Kier alpha value is -2.63. The normalized spacial score (nSPS) is 13.1. The highest BCUT2D eigenvalue weighted by molar-refractivity contribution is 5.99. The lowest BCUT2D eigenvalue weighted by atomic mass is 10.1. The molecule has 1 aliphatic rings. The number of amides is 2. The van der Waals surface area contributed by atoms with Crippen molar-refractivity contribution in [2.75, 3.05) is 5.01 Å². The number of benzene rings is 1. The van der Waals surface area contributed by atoms with Crippen molar-refractivity contribution in [2.24, 2.45) is 10.8 Å². The molecule has 1 aromatic carbocycles. The van der Waals surface area contributed by atoms with E-state index in [2.05, 4.69) is 5.10 Å². The number of carbonyl (C=O) groups is 2. The molecule has 0 saturated heterocycles. The van der Waals surface area contributed by atoms with E-state index in [1.807, 2.05) is 0 Å². The molecule has 17 heavy (non-hydrogen) atoms. The minimum absolute atomic E-state index is 0.0699. The Morgan fingerprint density at radius 2 is 2.12 bits per heavy atom. The summed E-state index contributed by atoms with van der Waals surface area (Å²) in [6.07, 6.45) is 4.76. The number of aromatic carboxylic acids is 1. The summed E-state index contributed by atoms with van der Waals surface area (Å²) in [4.78, 5) is 22.1. The molecule has 0 bridgehead atoms. The van der Waals surface area contributed by atoms with Crippen LogP contribution in [0, 0.1) is 0 Å². The number of carboxylic acid groups (broad SMARTS) is 1. The first-order chi connectivity index (χ1) is 8.09. The lowest BCUT2D eigenvalue weighted by Crippen LogP contribution is -2.31. The molecule has 0 spiro atoms. The molecule has 2 rings (SSSR count). The minimum Gasteiger partial charge on any atom is -0.478 e. The van der Waals surface area contributed by atoms with Gasteiger partial charge >= 0.3 is 12.0 Å². The van der Waals surface area contributed by atoms with E-state index in [0.717, 1.165) is 5.01 Å². The van der Waals surface area contributed by atoms with Gasteiger partial charge < -0.3 is 10.8 Å². The van der Waals surface area contributed by atoms with Gasteiger partial charge in [0.05, 0.1) is 11.3 Å². The molecule has 86 valence electrons. The van der Waals surface area contributed by atoms with Crippen LogP contribution in [0.2, 0.25) is 0 Å². The third-order valence-corrected chi connectivity index (χ3v) is 2.26. The van der Waals surface area contributed by atoms with Gasteiger partial charge in [-0.25, -0.2) is 9.59 Å². The van der Waals surface area contributed by atoms with Gasteiger partial charge in [0, 0.05) is 11.8 Å². The van der Waals surface area contributed by atoms with Gasteiger partial charge in [-0.3, -0.25) is 0 Å². The largest absolute Gasteiger partial charge is 0.478 e. The Bertz CT molecular complexity index is 549. The Labute approximate surface area is 96.6 Å². The summed E-state index contributed by atoms with van der Waals surface area (Å²) in [5, 5.41) is 13.7. The molecule has 0 fully saturated rings. The zero-order valence-electron chi connectivity index (χ0n) is 8.70. The molecule has 0 saturated carbocycles. The number of rotatable bonds is 1. The van der Waals surface area contributed by atoms with E-state index < -0.39 is 12.0 Å². The fourth-order valence-corrected chi connectivity index (χ4v) is 1.49. The zero-order valence-corrected chi connectivity index (χ0v) is 8.70. The summed E-state index contributed by atoms with van der Waals surface area (Å²) in [5.41, 5.74) is 6.27. The van der Waals surface area contributed by atoms with Crippen molar-refractivity contribution in [3.8, 4) is 0 Å². The fraction of sp³-hybridized carbons (Fsp3) is 0. The van der Waals surface area contributed by atoms with Crippen LogP contribution < -0.4 is 10.7 Å². The molecule has 1 aromatic rings. The molecule has 1 heterocycles. The molecular formula is C11H9N3O3. The number of urea groups is 1. The number of primary amides is 1. The van der Waals surface area contributed by atoms with Crippen LogP contribution in [0.25, 0.3) is 6.08 Å². The molecule has 0 aliphatic carbocycles. The quantitative estimate of drug-likeness (QED) is 0.761. The molecular weight excluding hydrogens is 222 g/mol. The van der Waals surface area contributed by atoms with Gasteiger partial charge in [0.25, 0.3) is 0 Å². The highest BCUT2D eigenvalue weighted by atomic mass is 16.4. The zero-order chi connectivity index (χ0) is 12.4. The van der Waals surface area contributed by atoms with Crippen LogP contribution in [0.5, 0.6) is 0 Å². The Balaban J connectivity index is 2.59. The van der Waals surface area contributed by atoms with E-state index in [-0.39, 0.29) is 5.56 Å². The standard InChI is InChI=1S/C11H9N3O3/c12-11(17)14-9-6-8(10(15)16)4-3-7(9)2-1-5-13-14/h1-6H,(H2,12,17)(H,15,16). The van der Waals surface area contributed by atoms with Crippen LogP contribution in [0.4, 0.5) is 10.5 Å². The highest BCUT2D eigenvalue weighted by Gasteiger charge is 2.17. The first-order valence-electron chi connectivity index (χ1n) is 4.77. The van der Waals surface area contributed by atoms with E-state index >= 15 is 0 Å². The van der Waals surface area contributed by atoms with Gasteiger partial charge in [-0.2, -0.15) is 10.1 Å². The summed E-state index contributed by atoms with van der Waals surface area (Å²) in [5.74, 6) is -1.07. The van der Waals surface area contributed by atoms with Crippen molar-refractivity contribution in [1.82, 2.24) is 0 Å². The molecule has 0 atom stereocenters. The summed E-state index contributed by atoms with van der Waals surface area (Å²) < 4.78 is 0. The average molecular weight is 231 g/mol. The van der Waals surface area contributed by atoms with Crippen molar-refractivity contribution < 1.29 is 14.7 Å². The predicted molar refractivity (Wildman–Crippen MR) is 63.0 cm³/mol. The number of allylic oxidation sites excluding steroid dienone is 1. The Morgan fingerprint density at radius 1 is 1.35 bits per heavy atom. The summed E-state index contributed by atoms with van der Waals surface area (Å²) in [6.45, 7) is 0. The number of carboxylic acids is 1. The minimum atomic E-state index is -1.07. The third kappa shape index (κ3) is 2.00. The molecule has 0 unspecified atom stereocenters. The lowest BCUT2D eigenvalue weighted by molar-refractivity contribution is 0.0697. The van der Waals surface area contributed by atoms with Gasteiger partial charge in [-0.1, -0.05) is 12.1 Å². The van der Waals surface area contributed by atoms with Gasteiger partial charge in [-0.15, -0.1) is 0 Å². The van der Waals surface area contributed by atoms with Gasteiger partial charge in [0.2, 0.25) is 0 Å². The van der Waals surface area contributed by atoms with Crippen molar-refractivity contribution >= 4 is 30.0 Å².